The topological polar surface area (TPSA) is 37.3 Å². The van der Waals surface area contributed by atoms with E-state index in [1.54, 1.807) is 0 Å². The van der Waals surface area contributed by atoms with E-state index in [-0.39, 0.29) is 0 Å². The van der Waals surface area contributed by atoms with Crippen LogP contribution in [0.3, 0.4) is 0 Å². The highest BCUT2D eigenvalue weighted by molar-refractivity contribution is 7.99. The Morgan fingerprint density at radius 3 is 1.91 bits per heavy atom. The fourth-order valence-corrected chi connectivity index (χ4v) is 5.12. The molecule has 130 valence electrons. The van der Waals surface area contributed by atoms with Crippen LogP contribution in [0, 0.1) is 11.8 Å². The van der Waals surface area contributed by atoms with Crippen LogP contribution in [0.15, 0.2) is 0 Å². The molecule has 2 nitrogen and oxygen atoms in total. The van der Waals surface area contributed by atoms with Crippen molar-refractivity contribution in [2.24, 2.45) is 11.8 Å². The molecule has 0 aliphatic carbocycles. The minimum absolute atomic E-state index is 0.347. The first kappa shape index (κ1) is 19.9. The van der Waals surface area contributed by atoms with Crippen LogP contribution in [0.5, 0.6) is 0 Å². The van der Waals surface area contributed by atoms with Crippen LogP contribution in [0.2, 0.25) is 0 Å². The average molecular weight is 329 g/mol. The first-order valence-electron chi connectivity index (χ1n) is 9.53. The highest BCUT2D eigenvalue weighted by atomic mass is 32.2. The predicted octanol–water partition coefficient (Wildman–Crippen LogP) is 6.14. The predicted molar refractivity (Wildman–Crippen MR) is 97.6 cm³/mol. The fourth-order valence-electron chi connectivity index (χ4n) is 3.50. The van der Waals surface area contributed by atoms with Gasteiger partial charge in [0, 0.05) is 6.42 Å². The summed E-state index contributed by atoms with van der Waals surface area (Å²) in [6.07, 6.45) is 16.1. The van der Waals surface area contributed by atoms with E-state index in [2.05, 4.69) is 18.7 Å². The van der Waals surface area contributed by atoms with Gasteiger partial charge in [-0.25, -0.2) is 0 Å². The van der Waals surface area contributed by atoms with Crippen LogP contribution in [0.1, 0.15) is 90.4 Å². The summed E-state index contributed by atoms with van der Waals surface area (Å²) in [5.74, 6) is 4.02. The Bertz CT molecular complexity index is 281. The molecule has 1 aliphatic rings. The first-order chi connectivity index (χ1) is 10.7. The maximum Gasteiger partial charge on any atom is 0.303 e. The standard InChI is InChI=1S/C19H36O2S/c1-2-3-4-5-6-9-12-17-15-22-16-18(17)13-10-7-8-11-14-19(20)21/h17-18H,2-16H2,1H3,(H,20,21)/t17-,18-/m0/s1. The van der Waals surface area contributed by atoms with E-state index < -0.39 is 5.97 Å². The third-order valence-corrected chi connectivity index (χ3v) is 6.30. The zero-order valence-corrected chi connectivity index (χ0v) is 15.3. The summed E-state index contributed by atoms with van der Waals surface area (Å²) in [6, 6.07) is 0. The van der Waals surface area contributed by atoms with E-state index in [1.165, 1.54) is 75.7 Å². The number of unbranched alkanes of at least 4 members (excludes halogenated alkanes) is 8. The molecule has 1 rings (SSSR count). The van der Waals surface area contributed by atoms with Gasteiger partial charge in [0.1, 0.15) is 0 Å². The lowest BCUT2D eigenvalue weighted by Crippen LogP contribution is -2.12. The molecule has 0 spiro atoms. The van der Waals surface area contributed by atoms with Gasteiger partial charge in [0.15, 0.2) is 0 Å². The number of thioether (sulfide) groups is 1. The van der Waals surface area contributed by atoms with Crippen LogP contribution in [0.25, 0.3) is 0 Å². The molecule has 1 N–H and O–H groups in total. The zero-order chi connectivity index (χ0) is 16.0. The molecule has 0 aromatic rings. The molecular formula is C19H36O2S. The van der Waals surface area contributed by atoms with Gasteiger partial charge in [-0.1, -0.05) is 64.7 Å². The smallest absolute Gasteiger partial charge is 0.303 e. The summed E-state index contributed by atoms with van der Waals surface area (Å²) in [5, 5.41) is 8.63. The van der Waals surface area contributed by atoms with Gasteiger partial charge >= 0.3 is 5.97 Å². The number of carbonyl (C=O) groups is 1. The monoisotopic (exact) mass is 328 g/mol. The van der Waals surface area contributed by atoms with Crippen molar-refractivity contribution in [3.8, 4) is 0 Å². The number of rotatable bonds is 14. The number of carboxylic acids is 1. The Morgan fingerprint density at radius 1 is 0.864 bits per heavy atom. The maximum atomic E-state index is 10.5. The van der Waals surface area contributed by atoms with Crippen LogP contribution < -0.4 is 0 Å². The number of hydrogen-bond acceptors (Lipinski definition) is 2. The second-order valence-electron chi connectivity index (χ2n) is 6.96. The molecule has 1 aliphatic heterocycles. The van der Waals surface area contributed by atoms with E-state index in [1.807, 2.05) is 0 Å². The van der Waals surface area contributed by atoms with Gasteiger partial charge in [-0.3, -0.25) is 4.79 Å². The van der Waals surface area contributed by atoms with E-state index in [0.717, 1.165) is 24.7 Å². The third-order valence-electron chi connectivity index (χ3n) is 4.97. The van der Waals surface area contributed by atoms with Crippen LogP contribution in [0.4, 0.5) is 0 Å². The first-order valence-corrected chi connectivity index (χ1v) is 10.7. The lowest BCUT2D eigenvalue weighted by Gasteiger charge is -2.18. The minimum Gasteiger partial charge on any atom is -0.481 e. The third kappa shape index (κ3) is 9.76. The normalized spacial score (nSPS) is 21.3. The van der Waals surface area contributed by atoms with Crippen molar-refractivity contribution >= 4 is 17.7 Å². The maximum absolute atomic E-state index is 10.5. The highest BCUT2D eigenvalue weighted by Crippen LogP contribution is 2.36. The number of hydrogen-bond donors (Lipinski definition) is 1. The van der Waals surface area contributed by atoms with Crippen molar-refractivity contribution in [3.63, 3.8) is 0 Å². The van der Waals surface area contributed by atoms with Crippen molar-refractivity contribution in [2.75, 3.05) is 11.5 Å². The molecule has 0 bridgehead atoms. The minimum atomic E-state index is -0.647. The zero-order valence-electron chi connectivity index (χ0n) is 14.5. The van der Waals surface area contributed by atoms with Gasteiger partial charge in [0.2, 0.25) is 0 Å². The van der Waals surface area contributed by atoms with Crippen molar-refractivity contribution < 1.29 is 9.90 Å². The molecular weight excluding hydrogens is 292 g/mol. The Kier molecular flexibility index (Phi) is 12.0. The van der Waals surface area contributed by atoms with E-state index in [4.69, 9.17) is 5.11 Å². The molecule has 0 aromatic heterocycles. The average Bonchev–Trinajstić information content (AvgIpc) is 2.93. The quantitative estimate of drug-likeness (QED) is 0.389. The van der Waals surface area contributed by atoms with Crippen molar-refractivity contribution in [3.05, 3.63) is 0 Å². The molecule has 22 heavy (non-hydrogen) atoms. The van der Waals surface area contributed by atoms with E-state index >= 15 is 0 Å². The Morgan fingerprint density at radius 2 is 1.36 bits per heavy atom. The summed E-state index contributed by atoms with van der Waals surface area (Å²) in [6.45, 7) is 2.28. The Balaban J connectivity index is 1.99. The number of aliphatic carboxylic acids is 1. The molecule has 0 saturated carbocycles. The van der Waals surface area contributed by atoms with Crippen LogP contribution in [-0.2, 0) is 4.79 Å². The Hall–Kier alpha value is -0.180. The molecule has 3 heteroatoms. The van der Waals surface area contributed by atoms with Crippen molar-refractivity contribution in [2.45, 2.75) is 90.4 Å². The molecule has 1 fully saturated rings. The molecule has 1 saturated heterocycles. The van der Waals surface area contributed by atoms with E-state index in [9.17, 15) is 4.79 Å². The molecule has 1 heterocycles. The summed E-state index contributed by atoms with van der Waals surface area (Å²) in [7, 11) is 0. The van der Waals surface area contributed by atoms with Gasteiger partial charge in [0.25, 0.3) is 0 Å². The van der Waals surface area contributed by atoms with Gasteiger partial charge in [-0.15, -0.1) is 0 Å². The van der Waals surface area contributed by atoms with Gasteiger partial charge in [-0.05, 0) is 42.6 Å². The van der Waals surface area contributed by atoms with Crippen molar-refractivity contribution in [1.82, 2.24) is 0 Å². The molecule has 0 radical (unpaired) electrons. The molecule has 2 atom stereocenters. The van der Waals surface area contributed by atoms with Gasteiger partial charge in [-0.2, -0.15) is 11.8 Å². The molecule has 0 amide bonds. The molecule has 0 aromatic carbocycles. The van der Waals surface area contributed by atoms with Crippen LogP contribution in [-0.4, -0.2) is 22.6 Å². The second-order valence-corrected chi connectivity index (χ2v) is 8.04. The largest absolute Gasteiger partial charge is 0.481 e. The fraction of sp³-hybridized carbons (Fsp3) is 0.947. The van der Waals surface area contributed by atoms with E-state index in [0.29, 0.717) is 6.42 Å². The highest BCUT2D eigenvalue weighted by Gasteiger charge is 2.26. The number of carboxylic acid groups (broad SMARTS) is 1. The summed E-state index contributed by atoms with van der Waals surface area (Å²) < 4.78 is 0. The Labute approximate surface area is 141 Å². The van der Waals surface area contributed by atoms with Crippen molar-refractivity contribution in [1.29, 1.82) is 0 Å². The van der Waals surface area contributed by atoms with Gasteiger partial charge in [0.05, 0.1) is 0 Å². The van der Waals surface area contributed by atoms with Crippen LogP contribution >= 0.6 is 11.8 Å². The lowest BCUT2D eigenvalue weighted by atomic mass is 9.86. The SMILES string of the molecule is CCCCCCCC[C@H]1CSC[C@@H]1CCCCCCC(=O)O. The molecule has 0 unspecified atom stereocenters. The summed E-state index contributed by atoms with van der Waals surface area (Å²) >= 11 is 2.16. The summed E-state index contributed by atoms with van der Waals surface area (Å²) in [5.41, 5.74) is 0. The lowest BCUT2D eigenvalue weighted by molar-refractivity contribution is -0.137. The summed E-state index contributed by atoms with van der Waals surface area (Å²) in [4.78, 5) is 10.5. The van der Waals surface area contributed by atoms with Gasteiger partial charge < -0.3 is 5.11 Å². The second kappa shape index (κ2) is 13.3.